The van der Waals surface area contributed by atoms with Gasteiger partial charge in [-0.3, -0.25) is 4.57 Å². The Kier molecular flexibility index (Phi) is 9.31. The minimum atomic E-state index is -0.654. The van der Waals surface area contributed by atoms with Crippen molar-refractivity contribution in [2.24, 2.45) is 7.05 Å². The van der Waals surface area contributed by atoms with Crippen molar-refractivity contribution in [3.05, 3.63) is 172 Å². The standard InChI is InChI=1S/C62H65N5O/c1-58(2,3)37-29-44-45-30-38(59(4,5)6)32-49(61(10,11)12)56(45)62(55(44)48(31-37)60(7,8)9)46-26-24-41(35-53(46)66-36-65(15)51-22-18-20-47(62)57(51)66)68-40-23-25-43-42-19-16-17-21-50(42)67(52(43)34-40)54-33-39(64(13)14)27-28-63-54/h16-35H,1-15H3. The molecule has 1 aliphatic carbocycles. The zero-order valence-corrected chi connectivity index (χ0v) is 42.7. The number of hydrogen-bond acceptors (Lipinski definition) is 3. The second kappa shape index (κ2) is 14.4. The molecule has 0 saturated heterocycles. The molecule has 11 rings (SSSR count). The van der Waals surface area contributed by atoms with Crippen LogP contribution in [0.2, 0.25) is 0 Å². The summed E-state index contributed by atoms with van der Waals surface area (Å²) in [6, 6.07) is 43.2. The number of hydrogen-bond donors (Lipinski definition) is 0. The summed E-state index contributed by atoms with van der Waals surface area (Å²) in [6.45, 7) is 28.6. The van der Waals surface area contributed by atoms with E-state index in [1.807, 2.05) is 12.3 Å². The number of rotatable bonds is 4. The van der Waals surface area contributed by atoms with Gasteiger partial charge in [0.15, 0.2) is 0 Å². The maximum atomic E-state index is 7.07. The Balaban J connectivity index is 1.21. The number of aryl methyl sites for hydroxylation is 1. The van der Waals surface area contributed by atoms with Gasteiger partial charge in [0, 0.05) is 48.9 Å². The topological polar surface area (TPSA) is 39.1 Å². The number of imidazole rings is 1. The van der Waals surface area contributed by atoms with Gasteiger partial charge in [0.1, 0.15) is 17.3 Å². The number of benzene rings is 6. The third-order valence-electron chi connectivity index (χ3n) is 14.9. The van der Waals surface area contributed by atoms with Crippen molar-refractivity contribution in [3.8, 4) is 34.1 Å². The van der Waals surface area contributed by atoms with Crippen LogP contribution < -0.4 is 14.2 Å². The lowest BCUT2D eigenvalue weighted by molar-refractivity contribution is -0.649. The number of nitrogens with zero attached hydrogens (tertiary/aromatic N) is 5. The lowest BCUT2D eigenvalue weighted by atomic mass is 9.60. The minimum absolute atomic E-state index is 0.0578. The first-order chi connectivity index (χ1) is 32.0. The van der Waals surface area contributed by atoms with Crippen molar-refractivity contribution in [1.29, 1.82) is 0 Å². The summed E-state index contributed by atoms with van der Waals surface area (Å²) in [7, 11) is 6.26. The highest BCUT2D eigenvalue weighted by atomic mass is 16.5. The quantitative estimate of drug-likeness (QED) is 0.131. The molecule has 6 heteroatoms. The summed E-state index contributed by atoms with van der Waals surface area (Å²) in [4.78, 5) is 7.01. The molecular formula is C62H65N5O. The van der Waals surface area contributed by atoms with Crippen LogP contribution in [0.3, 0.4) is 0 Å². The maximum absolute atomic E-state index is 7.07. The summed E-state index contributed by atoms with van der Waals surface area (Å²) in [5, 5.41) is 2.33. The zero-order valence-electron chi connectivity index (χ0n) is 42.7. The van der Waals surface area contributed by atoms with Crippen molar-refractivity contribution in [2.45, 2.75) is 110 Å². The molecule has 0 N–H and O–H groups in total. The number of pyridine rings is 1. The van der Waals surface area contributed by atoms with Crippen LogP contribution in [-0.2, 0) is 34.1 Å². The van der Waals surface area contributed by atoms with Gasteiger partial charge in [-0.25, -0.2) is 4.98 Å². The number of aromatic nitrogens is 4. The van der Waals surface area contributed by atoms with Crippen molar-refractivity contribution in [1.82, 2.24) is 14.1 Å². The smallest absolute Gasteiger partial charge is 0.244 e. The molecule has 0 unspecified atom stereocenters. The van der Waals surface area contributed by atoms with E-state index in [1.165, 1.54) is 66.5 Å². The minimum Gasteiger partial charge on any atom is -0.458 e. The Hall–Kier alpha value is -6.66. The molecule has 344 valence electrons. The highest BCUT2D eigenvalue weighted by Gasteiger charge is 2.54. The summed E-state index contributed by atoms with van der Waals surface area (Å²) < 4.78 is 13.8. The number of para-hydroxylation sites is 2. The highest BCUT2D eigenvalue weighted by Crippen LogP contribution is 2.65. The number of anilines is 1. The number of ether oxygens (including phenoxy) is 1. The lowest BCUT2D eigenvalue weighted by Crippen LogP contribution is -2.38. The third-order valence-corrected chi connectivity index (χ3v) is 14.9. The fourth-order valence-corrected chi connectivity index (χ4v) is 11.4. The first-order valence-electron chi connectivity index (χ1n) is 24.3. The van der Waals surface area contributed by atoms with E-state index < -0.39 is 5.41 Å². The Morgan fingerprint density at radius 3 is 1.81 bits per heavy atom. The van der Waals surface area contributed by atoms with Gasteiger partial charge in [-0.05, 0) is 114 Å². The second-order valence-corrected chi connectivity index (χ2v) is 23.9. The van der Waals surface area contributed by atoms with E-state index in [2.05, 4.69) is 238 Å². The van der Waals surface area contributed by atoms with Crippen molar-refractivity contribution >= 4 is 38.5 Å². The van der Waals surface area contributed by atoms with Crippen molar-refractivity contribution in [2.75, 3.05) is 19.0 Å². The molecule has 2 aliphatic rings. The number of fused-ring (bicyclic) bond motifs is 12. The molecule has 9 aromatic rings. The molecule has 68 heavy (non-hydrogen) atoms. The van der Waals surface area contributed by atoms with Gasteiger partial charge in [0.05, 0.1) is 40.2 Å². The fraction of sp³-hybridized carbons (Fsp3) is 0.323. The van der Waals surface area contributed by atoms with Gasteiger partial charge in [-0.15, -0.1) is 0 Å². The highest BCUT2D eigenvalue weighted by molar-refractivity contribution is 6.09. The van der Waals surface area contributed by atoms with Crippen LogP contribution in [0.5, 0.6) is 11.5 Å². The molecule has 1 aliphatic heterocycles. The Morgan fingerprint density at radius 1 is 0.588 bits per heavy atom. The average Bonchev–Trinajstić information content (AvgIpc) is 3.89. The van der Waals surface area contributed by atoms with E-state index >= 15 is 0 Å². The molecule has 4 heterocycles. The first kappa shape index (κ1) is 43.9. The summed E-state index contributed by atoms with van der Waals surface area (Å²) >= 11 is 0. The van der Waals surface area contributed by atoms with Gasteiger partial charge in [0.2, 0.25) is 6.33 Å². The molecule has 0 radical (unpaired) electrons. The van der Waals surface area contributed by atoms with E-state index in [0.717, 1.165) is 50.6 Å². The molecule has 0 amide bonds. The van der Waals surface area contributed by atoms with Crippen LogP contribution in [0.15, 0.2) is 121 Å². The Bertz CT molecular complexity index is 3490. The van der Waals surface area contributed by atoms with Crippen LogP contribution in [0.25, 0.3) is 55.5 Å². The van der Waals surface area contributed by atoms with Gasteiger partial charge in [-0.1, -0.05) is 150 Å². The molecular weight excluding hydrogens is 831 g/mol. The molecule has 0 atom stereocenters. The predicted octanol–water partition coefficient (Wildman–Crippen LogP) is 14.5. The SMILES string of the molecule is CN(C)c1ccnc(-n2c3ccccc3c3ccc(Oc4ccc5c(c4)-n4[c-][n+](C)c6cccc(c64)C54c5c(cc(C(C)(C)C)cc5C(C)(C)C)-c5cc(C(C)(C)C)cc(C(C)(C)C)c54)cc32)c1. The van der Waals surface area contributed by atoms with E-state index in [9.17, 15) is 0 Å². The third kappa shape index (κ3) is 6.35. The largest absolute Gasteiger partial charge is 0.458 e. The first-order valence-corrected chi connectivity index (χ1v) is 24.3. The Labute approximate surface area is 402 Å². The van der Waals surface area contributed by atoms with Crippen LogP contribution in [-0.4, -0.2) is 28.2 Å². The van der Waals surface area contributed by atoms with Gasteiger partial charge >= 0.3 is 0 Å². The van der Waals surface area contributed by atoms with Gasteiger partial charge in [0.25, 0.3) is 0 Å². The van der Waals surface area contributed by atoms with Crippen LogP contribution >= 0.6 is 0 Å². The lowest BCUT2D eigenvalue weighted by Gasteiger charge is -2.45. The summed E-state index contributed by atoms with van der Waals surface area (Å²) in [5.41, 5.74) is 19.0. The molecule has 0 bridgehead atoms. The van der Waals surface area contributed by atoms with Crippen LogP contribution in [0.1, 0.15) is 128 Å². The molecule has 6 nitrogen and oxygen atoms in total. The van der Waals surface area contributed by atoms with E-state index in [4.69, 9.17) is 9.72 Å². The molecule has 0 fully saturated rings. The maximum Gasteiger partial charge on any atom is 0.244 e. The summed E-state index contributed by atoms with van der Waals surface area (Å²) in [5.74, 6) is 2.39. The van der Waals surface area contributed by atoms with E-state index in [-0.39, 0.29) is 21.7 Å². The molecule has 3 aromatic heterocycles. The summed E-state index contributed by atoms with van der Waals surface area (Å²) in [6.07, 6.45) is 5.68. The monoisotopic (exact) mass is 896 g/mol. The predicted molar refractivity (Wildman–Crippen MR) is 282 cm³/mol. The van der Waals surface area contributed by atoms with Gasteiger partial charge < -0.3 is 18.8 Å². The van der Waals surface area contributed by atoms with E-state index in [0.29, 0.717) is 0 Å². The van der Waals surface area contributed by atoms with Crippen LogP contribution in [0, 0.1) is 6.33 Å². The molecule has 0 saturated carbocycles. The van der Waals surface area contributed by atoms with E-state index in [1.54, 1.807) is 0 Å². The van der Waals surface area contributed by atoms with Crippen molar-refractivity contribution in [3.63, 3.8) is 0 Å². The fourth-order valence-electron chi connectivity index (χ4n) is 11.4. The van der Waals surface area contributed by atoms with Crippen LogP contribution in [0.4, 0.5) is 5.69 Å². The van der Waals surface area contributed by atoms with Crippen molar-refractivity contribution < 1.29 is 9.30 Å². The Morgan fingerprint density at radius 2 is 1.19 bits per heavy atom. The average molecular weight is 896 g/mol. The second-order valence-electron chi connectivity index (χ2n) is 23.9. The van der Waals surface area contributed by atoms with Gasteiger partial charge in [-0.2, -0.15) is 0 Å². The molecule has 1 spiro atoms. The normalized spacial score (nSPS) is 14.2. The zero-order chi connectivity index (χ0) is 48.2. The molecule has 6 aromatic carbocycles.